The number of anilines is 2. The molecule has 3 aromatic rings. The third kappa shape index (κ3) is 6.66. The fourth-order valence-corrected chi connectivity index (χ4v) is 5.14. The summed E-state index contributed by atoms with van der Waals surface area (Å²) in [5.41, 5.74) is 4.46. The van der Waals surface area contributed by atoms with Gasteiger partial charge in [-0.15, -0.1) is 11.8 Å². The lowest BCUT2D eigenvalue weighted by atomic mass is 9.98. The zero-order valence-corrected chi connectivity index (χ0v) is 22.4. The zero-order chi connectivity index (χ0) is 27.4. The quantitative estimate of drug-likeness (QED) is 0.281. The van der Waals surface area contributed by atoms with Crippen LogP contribution in [-0.4, -0.2) is 40.7 Å². The summed E-state index contributed by atoms with van der Waals surface area (Å²) in [5.74, 6) is -1.07. The Balaban J connectivity index is 1.49. The third-order valence-electron chi connectivity index (χ3n) is 5.80. The second-order valence-electron chi connectivity index (χ2n) is 9.92. The average molecular weight is 535 g/mol. The van der Waals surface area contributed by atoms with Crippen molar-refractivity contribution in [3.8, 4) is 11.1 Å². The van der Waals surface area contributed by atoms with Crippen molar-refractivity contribution in [2.45, 2.75) is 49.4 Å². The van der Waals surface area contributed by atoms with Crippen LogP contribution in [-0.2, 0) is 14.3 Å². The van der Waals surface area contributed by atoms with Crippen molar-refractivity contribution >= 4 is 41.3 Å². The number of ether oxygens (including phenoxy) is 2. The topological polar surface area (TPSA) is 114 Å². The van der Waals surface area contributed by atoms with E-state index in [1.807, 2.05) is 36.4 Å². The Bertz CT molecular complexity index is 1320. The molecule has 1 unspecified atom stereocenters. The van der Waals surface area contributed by atoms with Crippen LogP contribution in [0.1, 0.15) is 44.7 Å². The minimum atomic E-state index is -0.980. The molecule has 0 bridgehead atoms. The van der Waals surface area contributed by atoms with Gasteiger partial charge >= 0.3 is 18.2 Å². The van der Waals surface area contributed by atoms with Crippen LogP contribution in [0, 0.1) is 0 Å². The number of rotatable bonds is 7. The van der Waals surface area contributed by atoms with Crippen molar-refractivity contribution in [3.63, 3.8) is 0 Å². The Morgan fingerprint density at radius 1 is 0.895 bits per heavy atom. The summed E-state index contributed by atoms with van der Waals surface area (Å²) in [7, 11) is 0. The summed E-state index contributed by atoms with van der Waals surface area (Å²) < 4.78 is 10.9. The fraction of sp³-hybridized carbons (Fsp3) is 0.276. The van der Waals surface area contributed by atoms with Gasteiger partial charge in [0.1, 0.15) is 17.5 Å². The summed E-state index contributed by atoms with van der Waals surface area (Å²) >= 11 is 1.08. The van der Waals surface area contributed by atoms with Crippen LogP contribution in [0.3, 0.4) is 0 Å². The summed E-state index contributed by atoms with van der Waals surface area (Å²) in [4.78, 5) is 37.0. The molecule has 0 spiro atoms. The number of carbonyl (C=O) groups excluding carboxylic acids is 2. The monoisotopic (exact) mass is 534 g/mol. The Kier molecular flexibility index (Phi) is 7.97. The number of fused-ring (bicyclic) bond motifs is 3. The maximum Gasteiger partial charge on any atom is 0.412 e. The predicted octanol–water partition coefficient (Wildman–Crippen LogP) is 6.96. The molecule has 0 aliphatic heterocycles. The average Bonchev–Trinajstić information content (AvgIpc) is 3.15. The molecule has 2 amide bonds. The van der Waals surface area contributed by atoms with Gasteiger partial charge in [0.05, 0.1) is 0 Å². The van der Waals surface area contributed by atoms with Gasteiger partial charge in [0.2, 0.25) is 0 Å². The molecule has 38 heavy (non-hydrogen) atoms. The van der Waals surface area contributed by atoms with Crippen LogP contribution in [0.25, 0.3) is 11.1 Å². The highest BCUT2D eigenvalue weighted by molar-refractivity contribution is 8.00. The van der Waals surface area contributed by atoms with E-state index in [0.29, 0.717) is 16.3 Å². The molecule has 0 saturated heterocycles. The zero-order valence-electron chi connectivity index (χ0n) is 21.6. The van der Waals surface area contributed by atoms with Crippen LogP contribution >= 0.6 is 11.8 Å². The lowest BCUT2D eigenvalue weighted by Gasteiger charge is -2.20. The molecule has 0 saturated carbocycles. The Labute approximate surface area is 225 Å². The van der Waals surface area contributed by atoms with Gasteiger partial charge in [0.15, 0.2) is 0 Å². The summed E-state index contributed by atoms with van der Waals surface area (Å²) in [5, 5.41) is 13.9. The number of amides is 2. The van der Waals surface area contributed by atoms with Crippen LogP contribution < -0.4 is 10.6 Å². The van der Waals surface area contributed by atoms with Gasteiger partial charge in [0, 0.05) is 22.2 Å². The fourth-order valence-electron chi connectivity index (χ4n) is 4.24. The largest absolute Gasteiger partial charge is 0.480 e. The number of benzene rings is 3. The van der Waals surface area contributed by atoms with Crippen molar-refractivity contribution in [3.05, 3.63) is 77.9 Å². The smallest absolute Gasteiger partial charge is 0.412 e. The molecule has 198 valence electrons. The number of thioether (sulfide) groups is 1. The first-order chi connectivity index (χ1) is 18.0. The second kappa shape index (κ2) is 11.2. The molecular weight excluding hydrogens is 504 g/mol. The molecule has 3 aromatic carbocycles. The molecule has 4 rings (SSSR count). The van der Waals surface area contributed by atoms with E-state index >= 15 is 0 Å². The van der Waals surface area contributed by atoms with E-state index < -0.39 is 29.0 Å². The number of carboxylic acid groups (broad SMARTS) is 1. The first kappa shape index (κ1) is 27.1. The van der Waals surface area contributed by atoms with E-state index in [9.17, 15) is 19.5 Å². The van der Waals surface area contributed by atoms with Gasteiger partial charge in [0.25, 0.3) is 0 Å². The molecule has 0 fully saturated rings. The van der Waals surface area contributed by atoms with Crippen LogP contribution in [0.15, 0.2) is 71.6 Å². The number of hydrogen-bond acceptors (Lipinski definition) is 6. The van der Waals surface area contributed by atoms with E-state index in [2.05, 4.69) is 22.8 Å². The maximum absolute atomic E-state index is 12.8. The van der Waals surface area contributed by atoms with Crippen molar-refractivity contribution in [1.82, 2.24) is 0 Å². The summed E-state index contributed by atoms with van der Waals surface area (Å²) in [6.07, 6.45) is -1.33. The first-order valence-electron chi connectivity index (χ1n) is 12.2. The standard InChI is InChI=1S/C29H30N2O6S/c1-17(26(32)33)38-20-14-18(13-19(15-20)31-28(35)37-29(2,3)4)30-27(34)36-16-25-23-11-7-5-9-21(23)22-10-6-8-12-24(22)25/h5-15,17,25H,16H2,1-4H3,(H,30,34)(H,31,35)(H,32,33). The third-order valence-corrected chi connectivity index (χ3v) is 6.87. The van der Waals surface area contributed by atoms with Gasteiger partial charge in [-0.2, -0.15) is 0 Å². The molecule has 3 N–H and O–H groups in total. The Morgan fingerprint density at radius 2 is 1.42 bits per heavy atom. The van der Waals surface area contributed by atoms with Gasteiger partial charge in [-0.3, -0.25) is 15.4 Å². The predicted molar refractivity (Wildman–Crippen MR) is 148 cm³/mol. The second-order valence-corrected chi connectivity index (χ2v) is 11.3. The molecule has 1 aliphatic rings. The van der Waals surface area contributed by atoms with E-state index in [0.717, 1.165) is 34.0 Å². The van der Waals surface area contributed by atoms with Gasteiger partial charge in [-0.25, -0.2) is 9.59 Å². The van der Waals surface area contributed by atoms with Crippen LogP contribution in [0.2, 0.25) is 0 Å². The van der Waals surface area contributed by atoms with E-state index in [1.54, 1.807) is 45.9 Å². The van der Waals surface area contributed by atoms with Crippen LogP contribution in [0.5, 0.6) is 0 Å². The molecule has 9 heteroatoms. The highest BCUT2D eigenvalue weighted by Crippen LogP contribution is 2.44. The van der Waals surface area contributed by atoms with E-state index in [-0.39, 0.29) is 12.5 Å². The molecular formula is C29H30N2O6S. The SMILES string of the molecule is CC(Sc1cc(NC(=O)OCC2c3ccccc3-c3ccccc32)cc(NC(=O)OC(C)(C)C)c1)C(=O)O. The Morgan fingerprint density at radius 3 is 1.95 bits per heavy atom. The molecule has 1 atom stereocenters. The first-order valence-corrected chi connectivity index (χ1v) is 13.0. The molecule has 8 nitrogen and oxygen atoms in total. The van der Waals surface area contributed by atoms with Crippen molar-refractivity contribution in [1.29, 1.82) is 0 Å². The molecule has 1 aliphatic carbocycles. The number of aliphatic carboxylic acids is 1. The number of nitrogens with one attached hydrogen (secondary N) is 2. The minimum Gasteiger partial charge on any atom is -0.480 e. The molecule has 0 radical (unpaired) electrons. The molecule has 0 aromatic heterocycles. The highest BCUT2D eigenvalue weighted by Gasteiger charge is 2.29. The van der Waals surface area contributed by atoms with Crippen molar-refractivity contribution in [2.75, 3.05) is 17.2 Å². The molecule has 0 heterocycles. The lowest BCUT2D eigenvalue weighted by molar-refractivity contribution is -0.136. The lowest BCUT2D eigenvalue weighted by Crippen LogP contribution is -2.27. The van der Waals surface area contributed by atoms with E-state index in [1.165, 1.54) is 0 Å². The summed E-state index contributed by atoms with van der Waals surface area (Å²) in [6.45, 7) is 6.94. The van der Waals surface area contributed by atoms with Gasteiger partial charge < -0.3 is 14.6 Å². The number of carbonyl (C=O) groups is 3. The normalized spacial score (nSPS) is 13.2. The summed E-state index contributed by atoms with van der Waals surface area (Å²) in [6, 6.07) is 20.9. The van der Waals surface area contributed by atoms with Gasteiger partial charge in [-0.05, 0) is 68.1 Å². The van der Waals surface area contributed by atoms with Gasteiger partial charge in [-0.1, -0.05) is 48.5 Å². The minimum absolute atomic E-state index is 0.0872. The number of hydrogen-bond donors (Lipinski definition) is 3. The Hall–Kier alpha value is -3.98. The maximum atomic E-state index is 12.8. The highest BCUT2D eigenvalue weighted by atomic mass is 32.2. The van der Waals surface area contributed by atoms with Crippen molar-refractivity contribution in [2.24, 2.45) is 0 Å². The van der Waals surface area contributed by atoms with E-state index in [4.69, 9.17) is 9.47 Å². The number of carboxylic acids is 1. The van der Waals surface area contributed by atoms with Crippen LogP contribution in [0.4, 0.5) is 21.0 Å². The van der Waals surface area contributed by atoms with Crippen molar-refractivity contribution < 1.29 is 29.0 Å².